The topological polar surface area (TPSA) is 23.5 Å². The van der Waals surface area contributed by atoms with Crippen molar-refractivity contribution in [2.75, 3.05) is 19.6 Å². The van der Waals surface area contributed by atoms with Gasteiger partial charge in [0.2, 0.25) is 0 Å². The van der Waals surface area contributed by atoms with Gasteiger partial charge in [0, 0.05) is 6.54 Å². The van der Waals surface area contributed by atoms with Crippen LogP contribution in [0.25, 0.3) is 0 Å². The van der Waals surface area contributed by atoms with Crippen molar-refractivity contribution < 1.29 is 5.11 Å². The molecule has 0 heterocycles. The molecule has 96 valence electrons. The zero-order chi connectivity index (χ0) is 12.7. The average molecular weight is 235 g/mol. The third-order valence-corrected chi connectivity index (χ3v) is 3.25. The SMILES string of the molecule is CCCN(CC)CCC(O)c1ccccc1C. The fourth-order valence-corrected chi connectivity index (χ4v) is 2.17. The van der Waals surface area contributed by atoms with E-state index in [9.17, 15) is 5.11 Å². The highest BCUT2D eigenvalue weighted by Gasteiger charge is 2.11. The van der Waals surface area contributed by atoms with Gasteiger partial charge in [-0.2, -0.15) is 0 Å². The third-order valence-electron chi connectivity index (χ3n) is 3.25. The van der Waals surface area contributed by atoms with Gasteiger partial charge in [-0.15, -0.1) is 0 Å². The zero-order valence-corrected chi connectivity index (χ0v) is 11.3. The first kappa shape index (κ1) is 14.2. The largest absolute Gasteiger partial charge is 0.388 e. The summed E-state index contributed by atoms with van der Waals surface area (Å²) in [6.45, 7) is 9.59. The third kappa shape index (κ3) is 4.49. The van der Waals surface area contributed by atoms with Crippen molar-refractivity contribution in [1.29, 1.82) is 0 Å². The molecule has 0 amide bonds. The number of aliphatic hydroxyl groups is 1. The number of rotatable bonds is 7. The van der Waals surface area contributed by atoms with Gasteiger partial charge in [0.1, 0.15) is 0 Å². The van der Waals surface area contributed by atoms with Gasteiger partial charge in [-0.1, -0.05) is 38.1 Å². The van der Waals surface area contributed by atoms with E-state index in [0.717, 1.165) is 31.6 Å². The van der Waals surface area contributed by atoms with Crippen LogP contribution in [0.5, 0.6) is 0 Å². The van der Waals surface area contributed by atoms with E-state index in [1.54, 1.807) is 0 Å². The molecule has 17 heavy (non-hydrogen) atoms. The van der Waals surface area contributed by atoms with E-state index in [4.69, 9.17) is 0 Å². The quantitative estimate of drug-likeness (QED) is 0.785. The summed E-state index contributed by atoms with van der Waals surface area (Å²) < 4.78 is 0. The van der Waals surface area contributed by atoms with Crippen molar-refractivity contribution in [1.82, 2.24) is 4.90 Å². The molecule has 0 saturated carbocycles. The molecule has 2 nitrogen and oxygen atoms in total. The van der Waals surface area contributed by atoms with Gasteiger partial charge in [-0.3, -0.25) is 0 Å². The predicted molar refractivity (Wildman–Crippen MR) is 73.2 cm³/mol. The number of hydrogen-bond acceptors (Lipinski definition) is 2. The van der Waals surface area contributed by atoms with E-state index in [1.165, 1.54) is 12.0 Å². The molecule has 1 rings (SSSR count). The first-order valence-corrected chi connectivity index (χ1v) is 6.65. The molecule has 0 saturated heterocycles. The molecule has 0 aromatic heterocycles. The Labute approximate surface area is 105 Å². The fourth-order valence-electron chi connectivity index (χ4n) is 2.17. The van der Waals surface area contributed by atoms with E-state index in [-0.39, 0.29) is 6.10 Å². The van der Waals surface area contributed by atoms with Gasteiger partial charge in [0.15, 0.2) is 0 Å². The summed E-state index contributed by atoms with van der Waals surface area (Å²) in [6, 6.07) is 8.09. The first-order valence-electron chi connectivity index (χ1n) is 6.65. The Kier molecular flexibility index (Phi) is 6.23. The lowest BCUT2D eigenvalue weighted by atomic mass is 10.0. The van der Waals surface area contributed by atoms with E-state index < -0.39 is 0 Å². The molecule has 1 aromatic rings. The normalized spacial score (nSPS) is 13.0. The predicted octanol–water partition coefficient (Wildman–Crippen LogP) is 3.15. The van der Waals surface area contributed by atoms with E-state index in [2.05, 4.69) is 31.7 Å². The number of benzene rings is 1. The summed E-state index contributed by atoms with van der Waals surface area (Å²) in [6.07, 6.45) is 1.66. The molecule has 0 bridgehead atoms. The number of nitrogens with zero attached hydrogens (tertiary/aromatic N) is 1. The molecule has 0 spiro atoms. The lowest BCUT2D eigenvalue weighted by molar-refractivity contribution is 0.143. The highest BCUT2D eigenvalue weighted by molar-refractivity contribution is 5.27. The standard InChI is InChI=1S/C15H25NO/c1-4-11-16(5-2)12-10-15(17)14-9-7-6-8-13(14)3/h6-9,15,17H,4-5,10-12H2,1-3H3. The summed E-state index contributed by atoms with van der Waals surface area (Å²) in [4.78, 5) is 2.39. The van der Waals surface area contributed by atoms with Gasteiger partial charge in [0.05, 0.1) is 6.10 Å². The summed E-state index contributed by atoms with van der Waals surface area (Å²) >= 11 is 0. The summed E-state index contributed by atoms with van der Waals surface area (Å²) in [5, 5.41) is 10.2. The highest BCUT2D eigenvalue weighted by atomic mass is 16.3. The lowest BCUT2D eigenvalue weighted by Gasteiger charge is -2.22. The van der Waals surface area contributed by atoms with E-state index in [1.807, 2.05) is 18.2 Å². The molecule has 0 aliphatic rings. The Bertz CT molecular complexity index is 324. The maximum absolute atomic E-state index is 10.2. The molecular formula is C15H25NO. The molecule has 1 aromatic carbocycles. The second-order valence-corrected chi connectivity index (χ2v) is 4.60. The molecule has 0 radical (unpaired) electrons. The highest BCUT2D eigenvalue weighted by Crippen LogP contribution is 2.20. The number of aliphatic hydroxyl groups excluding tert-OH is 1. The second-order valence-electron chi connectivity index (χ2n) is 4.60. The minimum Gasteiger partial charge on any atom is -0.388 e. The monoisotopic (exact) mass is 235 g/mol. The minimum atomic E-state index is -0.331. The lowest BCUT2D eigenvalue weighted by Crippen LogP contribution is -2.26. The van der Waals surface area contributed by atoms with Crippen LogP contribution in [0.15, 0.2) is 24.3 Å². The van der Waals surface area contributed by atoms with Gasteiger partial charge in [0.25, 0.3) is 0 Å². The Hall–Kier alpha value is -0.860. The van der Waals surface area contributed by atoms with Gasteiger partial charge >= 0.3 is 0 Å². The van der Waals surface area contributed by atoms with Crippen LogP contribution in [-0.4, -0.2) is 29.6 Å². The van der Waals surface area contributed by atoms with Crippen LogP contribution in [-0.2, 0) is 0 Å². The molecule has 0 fully saturated rings. The molecule has 0 aliphatic heterocycles. The zero-order valence-electron chi connectivity index (χ0n) is 11.3. The Morgan fingerprint density at radius 3 is 2.47 bits per heavy atom. The van der Waals surface area contributed by atoms with Crippen LogP contribution in [0.3, 0.4) is 0 Å². The molecule has 1 unspecified atom stereocenters. The Balaban J connectivity index is 2.49. The smallest absolute Gasteiger partial charge is 0.0804 e. The fraction of sp³-hybridized carbons (Fsp3) is 0.600. The van der Waals surface area contributed by atoms with Crippen molar-refractivity contribution in [3.8, 4) is 0 Å². The molecule has 1 N–H and O–H groups in total. The van der Waals surface area contributed by atoms with Crippen molar-refractivity contribution in [3.63, 3.8) is 0 Å². The van der Waals surface area contributed by atoms with Gasteiger partial charge < -0.3 is 10.0 Å². The van der Waals surface area contributed by atoms with Crippen molar-refractivity contribution in [2.24, 2.45) is 0 Å². The molecular weight excluding hydrogens is 210 g/mol. The van der Waals surface area contributed by atoms with Crippen molar-refractivity contribution in [2.45, 2.75) is 39.7 Å². The van der Waals surface area contributed by atoms with Gasteiger partial charge in [-0.05, 0) is 44.0 Å². The number of hydrogen-bond donors (Lipinski definition) is 1. The van der Waals surface area contributed by atoms with Crippen LogP contribution >= 0.6 is 0 Å². The van der Waals surface area contributed by atoms with Crippen LogP contribution in [0.2, 0.25) is 0 Å². The first-order chi connectivity index (χ1) is 8.19. The average Bonchev–Trinajstić information content (AvgIpc) is 2.34. The summed E-state index contributed by atoms with van der Waals surface area (Å²) in [7, 11) is 0. The van der Waals surface area contributed by atoms with Crippen LogP contribution < -0.4 is 0 Å². The Morgan fingerprint density at radius 1 is 1.18 bits per heavy atom. The van der Waals surface area contributed by atoms with Crippen LogP contribution in [0.4, 0.5) is 0 Å². The van der Waals surface area contributed by atoms with E-state index >= 15 is 0 Å². The Morgan fingerprint density at radius 2 is 1.88 bits per heavy atom. The molecule has 1 atom stereocenters. The molecule has 2 heteroatoms. The number of aryl methyl sites for hydroxylation is 1. The van der Waals surface area contributed by atoms with Crippen molar-refractivity contribution in [3.05, 3.63) is 35.4 Å². The summed E-state index contributed by atoms with van der Waals surface area (Å²) in [5.74, 6) is 0. The summed E-state index contributed by atoms with van der Waals surface area (Å²) in [5.41, 5.74) is 2.25. The minimum absolute atomic E-state index is 0.331. The van der Waals surface area contributed by atoms with Gasteiger partial charge in [-0.25, -0.2) is 0 Å². The van der Waals surface area contributed by atoms with Crippen LogP contribution in [0.1, 0.15) is 43.9 Å². The molecule has 0 aliphatic carbocycles. The van der Waals surface area contributed by atoms with E-state index in [0.29, 0.717) is 0 Å². The maximum atomic E-state index is 10.2. The van der Waals surface area contributed by atoms with Crippen LogP contribution in [0, 0.1) is 6.92 Å². The maximum Gasteiger partial charge on any atom is 0.0804 e. The second kappa shape index (κ2) is 7.46. The van der Waals surface area contributed by atoms with Crippen molar-refractivity contribution >= 4 is 0 Å².